The van der Waals surface area contributed by atoms with Gasteiger partial charge in [0.05, 0.1) is 0 Å². The van der Waals surface area contributed by atoms with Gasteiger partial charge >= 0.3 is 6.18 Å². The summed E-state index contributed by atoms with van der Waals surface area (Å²) >= 11 is 1.33. The summed E-state index contributed by atoms with van der Waals surface area (Å²) in [6.45, 7) is 0. The maximum Gasteiger partial charge on any atom is 0.430 e. The van der Waals surface area contributed by atoms with Crippen LogP contribution in [0.25, 0.3) is 0 Å². The molecule has 2 N–H and O–H groups in total. The molecule has 1 aliphatic heterocycles. The second-order valence-electron chi connectivity index (χ2n) is 3.57. The quantitative estimate of drug-likeness (QED) is 0.763. The molecule has 0 aromatic heterocycles. The number of carbonyl (C=O) groups is 1. The van der Waals surface area contributed by atoms with Gasteiger partial charge in [0.1, 0.15) is 0 Å². The van der Waals surface area contributed by atoms with Crippen molar-refractivity contribution in [3.63, 3.8) is 0 Å². The predicted octanol–water partition coefficient (Wildman–Crippen LogP) is 2.11. The monoisotopic (exact) mass is 263 g/mol. The van der Waals surface area contributed by atoms with Crippen molar-refractivity contribution in [2.24, 2.45) is 0 Å². The Morgan fingerprint density at radius 1 is 1.41 bits per heavy atom. The van der Waals surface area contributed by atoms with Crippen LogP contribution in [-0.2, 0) is 10.4 Å². The molecule has 92 valence electrons. The van der Waals surface area contributed by atoms with Gasteiger partial charge in [-0.2, -0.15) is 13.2 Å². The molecule has 1 heterocycles. The molecule has 1 aliphatic rings. The zero-order valence-corrected chi connectivity index (χ0v) is 9.45. The summed E-state index contributed by atoms with van der Waals surface area (Å²) in [7, 11) is 0. The smallest absolute Gasteiger partial charge is 0.368 e. The minimum Gasteiger partial charge on any atom is -0.368 e. The average Bonchev–Trinajstić information content (AvgIpc) is 2.51. The number of thioether (sulfide) groups is 1. The standard InChI is InChI=1S/C10H8F3NO2S/c1-17-5-2-3-6-7(4-5)14-8(15)9(6,16)10(11,12)13/h2-4,16H,1H3,(H,14,15). The van der Waals surface area contributed by atoms with Gasteiger partial charge < -0.3 is 10.4 Å². The molecular formula is C10H8F3NO2S. The molecule has 0 fully saturated rings. The summed E-state index contributed by atoms with van der Waals surface area (Å²) in [6.07, 6.45) is -3.28. The molecule has 1 unspecified atom stereocenters. The first-order valence-electron chi connectivity index (χ1n) is 4.60. The molecule has 1 aromatic rings. The Labute approximate surface area is 99.0 Å². The summed E-state index contributed by atoms with van der Waals surface area (Å²) in [5, 5.41) is 11.6. The first-order chi connectivity index (χ1) is 7.80. The van der Waals surface area contributed by atoms with E-state index in [0.29, 0.717) is 4.90 Å². The Bertz CT molecular complexity index is 489. The molecule has 17 heavy (non-hydrogen) atoms. The van der Waals surface area contributed by atoms with E-state index in [9.17, 15) is 23.1 Å². The number of carbonyl (C=O) groups excluding carboxylic acids is 1. The highest BCUT2D eigenvalue weighted by Crippen LogP contribution is 2.47. The van der Waals surface area contributed by atoms with Crippen molar-refractivity contribution < 1.29 is 23.1 Å². The number of anilines is 1. The Balaban J connectivity index is 2.59. The Hall–Kier alpha value is -1.21. The first kappa shape index (κ1) is 12.3. The molecule has 1 amide bonds. The number of aliphatic hydroxyl groups is 1. The zero-order chi connectivity index (χ0) is 12.8. The van der Waals surface area contributed by atoms with E-state index in [0.717, 1.165) is 6.07 Å². The van der Waals surface area contributed by atoms with Gasteiger partial charge in [0.2, 0.25) is 0 Å². The largest absolute Gasteiger partial charge is 0.430 e. The predicted molar refractivity (Wildman–Crippen MR) is 56.8 cm³/mol. The molecule has 7 heteroatoms. The Morgan fingerprint density at radius 3 is 2.59 bits per heavy atom. The second-order valence-corrected chi connectivity index (χ2v) is 4.45. The molecule has 0 radical (unpaired) electrons. The van der Waals surface area contributed by atoms with Gasteiger partial charge in [0.15, 0.2) is 0 Å². The van der Waals surface area contributed by atoms with Gasteiger partial charge in [-0.05, 0) is 18.4 Å². The van der Waals surface area contributed by atoms with Crippen LogP contribution in [0, 0.1) is 0 Å². The minimum absolute atomic E-state index is 0.00155. The summed E-state index contributed by atoms with van der Waals surface area (Å²) < 4.78 is 38.2. The number of alkyl halides is 3. The van der Waals surface area contributed by atoms with Crippen LogP contribution >= 0.6 is 11.8 Å². The highest BCUT2D eigenvalue weighted by molar-refractivity contribution is 7.98. The van der Waals surface area contributed by atoms with Gasteiger partial charge in [-0.1, -0.05) is 6.07 Å². The van der Waals surface area contributed by atoms with Gasteiger partial charge in [-0.15, -0.1) is 11.8 Å². The van der Waals surface area contributed by atoms with Crippen LogP contribution in [0.3, 0.4) is 0 Å². The van der Waals surface area contributed by atoms with Crippen LogP contribution in [0.5, 0.6) is 0 Å². The van der Waals surface area contributed by atoms with E-state index in [2.05, 4.69) is 0 Å². The zero-order valence-electron chi connectivity index (χ0n) is 8.63. The minimum atomic E-state index is -5.04. The van der Waals surface area contributed by atoms with Crippen molar-refractivity contribution in [1.29, 1.82) is 0 Å². The number of amides is 1. The van der Waals surface area contributed by atoms with E-state index < -0.39 is 23.2 Å². The molecule has 2 rings (SSSR count). The molecule has 1 aromatic carbocycles. The molecule has 0 saturated heterocycles. The number of fused-ring (bicyclic) bond motifs is 1. The second kappa shape index (κ2) is 3.64. The molecule has 0 spiro atoms. The third kappa shape index (κ3) is 1.61. The van der Waals surface area contributed by atoms with Crippen LogP contribution in [0.2, 0.25) is 0 Å². The number of benzene rings is 1. The van der Waals surface area contributed by atoms with Crippen molar-refractivity contribution in [2.45, 2.75) is 16.7 Å². The maximum absolute atomic E-state index is 12.7. The van der Waals surface area contributed by atoms with Gasteiger partial charge in [0, 0.05) is 16.1 Å². The Kier molecular flexibility index (Phi) is 2.62. The topological polar surface area (TPSA) is 49.3 Å². The number of hydrogen-bond donors (Lipinski definition) is 2. The van der Waals surface area contributed by atoms with Crippen molar-refractivity contribution in [1.82, 2.24) is 0 Å². The Morgan fingerprint density at radius 2 is 2.06 bits per heavy atom. The fourth-order valence-electron chi connectivity index (χ4n) is 1.69. The summed E-state index contributed by atoms with van der Waals surface area (Å²) in [4.78, 5) is 12.0. The van der Waals surface area contributed by atoms with Crippen LogP contribution in [0.4, 0.5) is 18.9 Å². The van der Waals surface area contributed by atoms with Gasteiger partial charge in [-0.25, -0.2) is 0 Å². The van der Waals surface area contributed by atoms with Crippen LogP contribution < -0.4 is 5.32 Å². The lowest BCUT2D eigenvalue weighted by Crippen LogP contribution is -2.47. The number of rotatable bonds is 1. The van der Waals surface area contributed by atoms with E-state index in [1.165, 1.54) is 23.9 Å². The highest BCUT2D eigenvalue weighted by atomic mass is 32.2. The van der Waals surface area contributed by atoms with Crippen molar-refractivity contribution in [3.05, 3.63) is 23.8 Å². The van der Waals surface area contributed by atoms with Crippen molar-refractivity contribution in [3.8, 4) is 0 Å². The molecule has 0 aliphatic carbocycles. The molecule has 0 saturated carbocycles. The molecule has 3 nitrogen and oxygen atoms in total. The number of hydrogen-bond acceptors (Lipinski definition) is 3. The first-order valence-corrected chi connectivity index (χ1v) is 5.82. The van der Waals surface area contributed by atoms with E-state index in [1.807, 2.05) is 5.32 Å². The maximum atomic E-state index is 12.7. The van der Waals surface area contributed by atoms with E-state index in [4.69, 9.17) is 0 Å². The number of halogens is 3. The van der Waals surface area contributed by atoms with Gasteiger partial charge in [0.25, 0.3) is 11.5 Å². The summed E-state index contributed by atoms with van der Waals surface area (Å²) in [5.41, 5.74) is -3.89. The molecular weight excluding hydrogens is 255 g/mol. The highest BCUT2D eigenvalue weighted by Gasteiger charge is 2.64. The SMILES string of the molecule is CSc1ccc2c(c1)NC(=O)C2(O)C(F)(F)F. The lowest BCUT2D eigenvalue weighted by Gasteiger charge is -2.23. The van der Waals surface area contributed by atoms with E-state index in [1.54, 1.807) is 6.26 Å². The molecule has 0 bridgehead atoms. The molecule has 1 atom stereocenters. The third-order valence-electron chi connectivity index (χ3n) is 2.60. The van der Waals surface area contributed by atoms with E-state index >= 15 is 0 Å². The lowest BCUT2D eigenvalue weighted by atomic mass is 9.95. The number of nitrogens with one attached hydrogen (secondary N) is 1. The third-order valence-corrected chi connectivity index (χ3v) is 3.33. The normalized spacial score (nSPS) is 23.5. The summed E-state index contributed by atoms with van der Waals surface area (Å²) in [5.74, 6) is -1.46. The summed E-state index contributed by atoms with van der Waals surface area (Å²) in [6, 6.07) is 3.95. The fraction of sp³-hybridized carbons (Fsp3) is 0.300. The van der Waals surface area contributed by atoms with E-state index in [-0.39, 0.29) is 5.69 Å². The average molecular weight is 263 g/mol. The van der Waals surface area contributed by atoms with Crippen LogP contribution in [0.15, 0.2) is 23.1 Å². The van der Waals surface area contributed by atoms with Crippen LogP contribution in [0.1, 0.15) is 5.56 Å². The van der Waals surface area contributed by atoms with Crippen molar-refractivity contribution >= 4 is 23.4 Å². The lowest BCUT2D eigenvalue weighted by molar-refractivity contribution is -0.252. The fourth-order valence-corrected chi connectivity index (χ4v) is 2.13. The van der Waals surface area contributed by atoms with Crippen molar-refractivity contribution in [2.75, 3.05) is 11.6 Å². The van der Waals surface area contributed by atoms with Gasteiger partial charge in [-0.3, -0.25) is 4.79 Å². The van der Waals surface area contributed by atoms with Crippen LogP contribution in [-0.4, -0.2) is 23.4 Å².